The van der Waals surface area contributed by atoms with Gasteiger partial charge in [-0.2, -0.15) is 5.26 Å². The fraction of sp³-hybridized carbons (Fsp3) is 0.294. The van der Waals surface area contributed by atoms with Gasteiger partial charge in [-0.3, -0.25) is 0 Å². The Morgan fingerprint density at radius 1 is 1.24 bits per heavy atom. The van der Waals surface area contributed by atoms with E-state index in [0.717, 1.165) is 41.6 Å². The molecule has 2 nitrogen and oxygen atoms in total. The highest BCUT2D eigenvalue weighted by Gasteiger charge is 2.24. The maximum absolute atomic E-state index is 9.48. The highest BCUT2D eigenvalue weighted by molar-refractivity contribution is 6.31. The van der Waals surface area contributed by atoms with Gasteiger partial charge in [-0.15, -0.1) is 0 Å². The van der Waals surface area contributed by atoms with Gasteiger partial charge in [-0.1, -0.05) is 42.3 Å². The Hall–Kier alpha value is -1.56. The van der Waals surface area contributed by atoms with Crippen LogP contribution in [-0.4, -0.2) is 4.98 Å². The summed E-state index contributed by atoms with van der Waals surface area (Å²) in [6.45, 7) is 2.23. The maximum atomic E-state index is 9.48. The van der Waals surface area contributed by atoms with Gasteiger partial charge in [0.25, 0.3) is 0 Å². The zero-order valence-corrected chi connectivity index (χ0v) is 13.2. The van der Waals surface area contributed by atoms with Crippen molar-refractivity contribution in [1.82, 2.24) is 4.98 Å². The van der Waals surface area contributed by atoms with Gasteiger partial charge in [0, 0.05) is 16.3 Å². The fourth-order valence-electron chi connectivity index (χ4n) is 2.94. The van der Waals surface area contributed by atoms with E-state index >= 15 is 0 Å². The predicted octanol–water partition coefficient (Wildman–Crippen LogP) is 5.05. The summed E-state index contributed by atoms with van der Waals surface area (Å²) in [5.74, 6) is 0.595. The summed E-state index contributed by atoms with van der Waals surface area (Å²) in [4.78, 5) is 4.44. The van der Waals surface area contributed by atoms with Crippen molar-refractivity contribution >= 4 is 23.2 Å². The summed E-state index contributed by atoms with van der Waals surface area (Å²) in [5, 5.41) is 10.5. The Bertz CT molecular complexity index is 730. The van der Waals surface area contributed by atoms with E-state index in [-0.39, 0.29) is 0 Å². The smallest absolute Gasteiger partial charge is 0.147 e. The van der Waals surface area contributed by atoms with E-state index in [1.807, 2.05) is 24.3 Å². The van der Waals surface area contributed by atoms with Crippen LogP contribution in [0, 0.1) is 17.2 Å². The van der Waals surface area contributed by atoms with Crippen molar-refractivity contribution in [2.75, 3.05) is 0 Å². The molecule has 0 radical (unpaired) electrons. The van der Waals surface area contributed by atoms with E-state index in [9.17, 15) is 5.26 Å². The van der Waals surface area contributed by atoms with Crippen LogP contribution >= 0.6 is 23.2 Å². The van der Waals surface area contributed by atoms with E-state index in [2.05, 4.69) is 18.0 Å². The van der Waals surface area contributed by atoms with Gasteiger partial charge in [0.2, 0.25) is 0 Å². The van der Waals surface area contributed by atoms with Gasteiger partial charge >= 0.3 is 0 Å². The quantitative estimate of drug-likeness (QED) is 0.690. The molecule has 21 heavy (non-hydrogen) atoms. The minimum absolute atomic E-state index is 0.302. The summed E-state index contributed by atoms with van der Waals surface area (Å²) in [7, 11) is 0. The summed E-state index contributed by atoms with van der Waals surface area (Å²) in [5.41, 5.74) is 4.56. The first-order chi connectivity index (χ1) is 10.1. The van der Waals surface area contributed by atoms with Crippen LogP contribution in [0.5, 0.6) is 0 Å². The standard InChI is InChI=1S/C17H14Cl2N2/c1-10-2-7-15-13(8-10)16(14(9-20)17(19)21-15)11-3-5-12(18)6-4-11/h3-6,10H,2,7-8H2,1H3/t10-/m1/s1. The van der Waals surface area contributed by atoms with Gasteiger partial charge in [-0.05, 0) is 48.4 Å². The van der Waals surface area contributed by atoms with Crippen LogP contribution in [0.2, 0.25) is 10.2 Å². The molecule has 1 aliphatic rings. The average molecular weight is 317 g/mol. The molecular weight excluding hydrogens is 303 g/mol. The lowest BCUT2D eigenvalue weighted by Crippen LogP contribution is -2.15. The van der Waals surface area contributed by atoms with Crippen LogP contribution in [0.25, 0.3) is 11.1 Å². The largest absolute Gasteiger partial charge is 0.239 e. The number of benzene rings is 1. The molecule has 106 valence electrons. The Labute approximate surface area is 134 Å². The monoisotopic (exact) mass is 316 g/mol. The molecule has 1 aliphatic carbocycles. The molecule has 1 atom stereocenters. The Balaban J connectivity index is 2.28. The van der Waals surface area contributed by atoms with Crippen molar-refractivity contribution in [3.05, 3.63) is 51.3 Å². The summed E-state index contributed by atoms with van der Waals surface area (Å²) in [6.07, 6.45) is 2.97. The zero-order chi connectivity index (χ0) is 15.0. The zero-order valence-electron chi connectivity index (χ0n) is 11.7. The van der Waals surface area contributed by atoms with E-state index in [1.54, 1.807) is 0 Å². The van der Waals surface area contributed by atoms with Gasteiger partial charge in [0.15, 0.2) is 0 Å². The summed E-state index contributed by atoms with van der Waals surface area (Å²) >= 11 is 12.2. The van der Waals surface area contributed by atoms with Crippen LogP contribution in [0.3, 0.4) is 0 Å². The molecule has 0 saturated heterocycles. The normalized spacial score (nSPS) is 17.1. The number of nitrogens with zero attached hydrogens (tertiary/aromatic N) is 2. The van der Waals surface area contributed by atoms with E-state index in [0.29, 0.717) is 21.7 Å². The first-order valence-electron chi connectivity index (χ1n) is 6.97. The molecule has 0 amide bonds. The van der Waals surface area contributed by atoms with Crippen molar-refractivity contribution in [2.24, 2.45) is 5.92 Å². The van der Waals surface area contributed by atoms with Crippen molar-refractivity contribution < 1.29 is 0 Å². The molecule has 0 aliphatic heterocycles. The van der Waals surface area contributed by atoms with Crippen LogP contribution < -0.4 is 0 Å². The van der Waals surface area contributed by atoms with Crippen molar-refractivity contribution in [2.45, 2.75) is 26.2 Å². The molecule has 0 unspecified atom stereocenters. The number of aryl methyl sites for hydroxylation is 1. The molecule has 0 bridgehead atoms. The highest BCUT2D eigenvalue weighted by Crippen LogP contribution is 2.38. The number of rotatable bonds is 1. The number of fused-ring (bicyclic) bond motifs is 1. The van der Waals surface area contributed by atoms with Crippen LogP contribution in [0.1, 0.15) is 30.2 Å². The average Bonchev–Trinajstić information content (AvgIpc) is 2.47. The lowest BCUT2D eigenvalue weighted by Gasteiger charge is -2.24. The molecule has 3 rings (SSSR count). The SMILES string of the molecule is C[C@@H]1CCc2nc(Cl)c(C#N)c(-c3ccc(Cl)cc3)c2C1. The topological polar surface area (TPSA) is 36.7 Å². The number of hydrogen-bond acceptors (Lipinski definition) is 2. The third-order valence-electron chi connectivity index (χ3n) is 4.01. The van der Waals surface area contributed by atoms with Crippen LogP contribution in [0.4, 0.5) is 0 Å². The lowest BCUT2D eigenvalue weighted by molar-refractivity contribution is 0.495. The molecule has 2 aromatic rings. The van der Waals surface area contributed by atoms with Gasteiger partial charge in [0.1, 0.15) is 11.2 Å². The molecule has 0 saturated carbocycles. The Morgan fingerprint density at radius 3 is 2.62 bits per heavy atom. The number of nitriles is 1. The number of hydrogen-bond donors (Lipinski definition) is 0. The highest BCUT2D eigenvalue weighted by atomic mass is 35.5. The lowest BCUT2D eigenvalue weighted by atomic mass is 9.82. The Kier molecular flexibility index (Phi) is 3.89. The fourth-order valence-corrected chi connectivity index (χ4v) is 3.30. The Morgan fingerprint density at radius 2 is 1.95 bits per heavy atom. The molecule has 0 N–H and O–H groups in total. The maximum Gasteiger partial charge on any atom is 0.147 e. The van der Waals surface area contributed by atoms with E-state index in [4.69, 9.17) is 23.2 Å². The van der Waals surface area contributed by atoms with Gasteiger partial charge in [-0.25, -0.2) is 4.98 Å². The molecule has 1 aromatic heterocycles. The van der Waals surface area contributed by atoms with E-state index in [1.165, 1.54) is 0 Å². The molecule has 0 spiro atoms. The molecule has 1 heterocycles. The molecule has 0 fully saturated rings. The van der Waals surface area contributed by atoms with Crippen molar-refractivity contribution in [3.63, 3.8) is 0 Å². The summed E-state index contributed by atoms with van der Waals surface area (Å²) in [6, 6.07) is 9.77. The second-order valence-electron chi connectivity index (χ2n) is 5.54. The second-order valence-corrected chi connectivity index (χ2v) is 6.34. The molecule has 4 heteroatoms. The van der Waals surface area contributed by atoms with E-state index < -0.39 is 0 Å². The number of aromatic nitrogens is 1. The van der Waals surface area contributed by atoms with Gasteiger partial charge < -0.3 is 0 Å². The minimum Gasteiger partial charge on any atom is -0.239 e. The third kappa shape index (κ3) is 2.64. The minimum atomic E-state index is 0.302. The van der Waals surface area contributed by atoms with Crippen LogP contribution in [-0.2, 0) is 12.8 Å². The second kappa shape index (κ2) is 5.67. The summed E-state index contributed by atoms with van der Waals surface area (Å²) < 4.78 is 0. The van der Waals surface area contributed by atoms with Crippen molar-refractivity contribution in [1.29, 1.82) is 5.26 Å². The molecular formula is C17H14Cl2N2. The van der Waals surface area contributed by atoms with Crippen molar-refractivity contribution in [3.8, 4) is 17.2 Å². The first kappa shape index (κ1) is 14.4. The third-order valence-corrected chi connectivity index (χ3v) is 4.54. The number of halogens is 2. The molecule has 1 aromatic carbocycles. The predicted molar refractivity (Wildman–Crippen MR) is 85.6 cm³/mol. The first-order valence-corrected chi connectivity index (χ1v) is 7.73. The van der Waals surface area contributed by atoms with Gasteiger partial charge in [0.05, 0.1) is 5.56 Å². The number of pyridine rings is 1. The van der Waals surface area contributed by atoms with Crippen LogP contribution in [0.15, 0.2) is 24.3 Å².